The highest BCUT2D eigenvalue weighted by molar-refractivity contribution is 5.84. The van der Waals surface area contributed by atoms with E-state index in [4.69, 9.17) is 5.26 Å². The molecule has 1 fully saturated rings. The van der Waals surface area contributed by atoms with Gasteiger partial charge in [0.25, 0.3) is 0 Å². The number of nitriles is 1. The number of hydrogen-bond donors (Lipinski definition) is 0. The molecule has 0 saturated heterocycles. The predicted molar refractivity (Wildman–Crippen MR) is 80.6 cm³/mol. The topological polar surface area (TPSA) is 61.9 Å². The van der Waals surface area contributed by atoms with E-state index in [1.54, 1.807) is 0 Å². The van der Waals surface area contributed by atoms with Crippen molar-refractivity contribution in [2.45, 2.75) is 46.0 Å². The van der Waals surface area contributed by atoms with Crippen LogP contribution in [-0.4, -0.2) is 33.7 Å². The van der Waals surface area contributed by atoms with Crippen molar-refractivity contribution in [2.24, 2.45) is 13.0 Å². The third-order valence-corrected chi connectivity index (χ3v) is 4.35. The van der Waals surface area contributed by atoms with E-state index in [0.29, 0.717) is 18.9 Å². The van der Waals surface area contributed by atoms with Crippen LogP contribution in [0.4, 0.5) is 0 Å². The molecule has 1 aliphatic rings. The van der Waals surface area contributed by atoms with Gasteiger partial charge in [0.2, 0.25) is 5.91 Å². The van der Waals surface area contributed by atoms with E-state index < -0.39 is 0 Å². The summed E-state index contributed by atoms with van der Waals surface area (Å²) in [4.78, 5) is 14.7. The Bertz CT molecular complexity index is 566. The first kappa shape index (κ1) is 15.6. The largest absolute Gasteiger partial charge is 0.341 e. The standard InChI is InChI=1S/C16H24N4O/c1-11(15-12(2)18-19(4)13(15)3)16(21)20(9-5-8-17)10-14-6-7-14/h11,14H,5-7,9-10H2,1-4H3/t11-/m0/s1. The Labute approximate surface area is 126 Å². The van der Waals surface area contributed by atoms with E-state index >= 15 is 0 Å². The lowest BCUT2D eigenvalue weighted by Gasteiger charge is -2.25. The molecule has 1 amide bonds. The summed E-state index contributed by atoms with van der Waals surface area (Å²) in [6, 6.07) is 2.14. The van der Waals surface area contributed by atoms with Gasteiger partial charge in [-0.3, -0.25) is 9.48 Å². The van der Waals surface area contributed by atoms with Crippen LogP contribution >= 0.6 is 0 Å². The number of amides is 1. The highest BCUT2D eigenvalue weighted by atomic mass is 16.2. The molecule has 1 atom stereocenters. The van der Waals surface area contributed by atoms with Gasteiger partial charge in [0.15, 0.2) is 0 Å². The maximum atomic E-state index is 12.8. The fourth-order valence-corrected chi connectivity index (χ4v) is 2.90. The van der Waals surface area contributed by atoms with Crippen molar-refractivity contribution < 1.29 is 4.79 Å². The molecule has 114 valence electrons. The molecule has 0 radical (unpaired) electrons. The fraction of sp³-hybridized carbons (Fsp3) is 0.688. The lowest BCUT2D eigenvalue weighted by atomic mass is 9.97. The van der Waals surface area contributed by atoms with Gasteiger partial charge in [0, 0.05) is 31.4 Å². The molecule has 5 nitrogen and oxygen atoms in total. The smallest absolute Gasteiger partial charge is 0.230 e. The van der Waals surface area contributed by atoms with Crippen LogP contribution in [0.15, 0.2) is 0 Å². The molecule has 1 aliphatic carbocycles. The first-order valence-corrected chi connectivity index (χ1v) is 7.61. The first-order valence-electron chi connectivity index (χ1n) is 7.61. The predicted octanol–water partition coefficient (Wildman–Crippen LogP) is 2.29. The van der Waals surface area contributed by atoms with Crippen LogP contribution in [0.1, 0.15) is 49.1 Å². The van der Waals surface area contributed by atoms with Crippen molar-refractivity contribution in [3.05, 3.63) is 17.0 Å². The molecular weight excluding hydrogens is 264 g/mol. The number of rotatable bonds is 6. The van der Waals surface area contributed by atoms with E-state index in [1.807, 2.05) is 37.4 Å². The number of aryl methyl sites for hydroxylation is 2. The molecule has 1 aromatic heterocycles. The van der Waals surface area contributed by atoms with Crippen LogP contribution in [0, 0.1) is 31.1 Å². The Hall–Kier alpha value is -1.83. The first-order chi connectivity index (χ1) is 9.95. The maximum Gasteiger partial charge on any atom is 0.230 e. The van der Waals surface area contributed by atoms with Crippen molar-refractivity contribution in [1.29, 1.82) is 5.26 Å². The molecule has 0 N–H and O–H groups in total. The minimum absolute atomic E-state index is 0.122. The number of hydrogen-bond acceptors (Lipinski definition) is 3. The van der Waals surface area contributed by atoms with Crippen LogP contribution in [-0.2, 0) is 11.8 Å². The zero-order valence-electron chi connectivity index (χ0n) is 13.4. The zero-order chi connectivity index (χ0) is 15.6. The molecule has 0 bridgehead atoms. The average molecular weight is 288 g/mol. The summed E-state index contributed by atoms with van der Waals surface area (Å²) < 4.78 is 1.83. The van der Waals surface area contributed by atoms with Gasteiger partial charge in [-0.15, -0.1) is 0 Å². The van der Waals surface area contributed by atoms with Crippen LogP contribution in [0.5, 0.6) is 0 Å². The van der Waals surface area contributed by atoms with Crippen LogP contribution in [0.2, 0.25) is 0 Å². The maximum absolute atomic E-state index is 12.8. The van der Waals surface area contributed by atoms with Crippen LogP contribution in [0.25, 0.3) is 0 Å². The van der Waals surface area contributed by atoms with Gasteiger partial charge in [-0.05, 0) is 39.5 Å². The van der Waals surface area contributed by atoms with Crippen LogP contribution in [0.3, 0.4) is 0 Å². The molecule has 2 rings (SSSR count). The monoisotopic (exact) mass is 288 g/mol. The molecule has 0 spiro atoms. The van der Waals surface area contributed by atoms with Gasteiger partial charge in [-0.2, -0.15) is 10.4 Å². The molecule has 0 unspecified atom stereocenters. The van der Waals surface area contributed by atoms with Crippen molar-refractivity contribution >= 4 is 5.91 Å². The summed E-state index contributed by atoms with van der Waals surface area (Å²) in [6.45, 7) is 7.23. The molecule has 1 aromatic rings. The summed E-state index contributed by atoms with van der Waals surface area (Å²) in [6.07, 6.45) is 2.81. The summed E-state index contributed by atoms with van der Waals surface area (Å²) in [5.74, 6) is 0.559. The van der Waals surface area contributed by atoms with Crippen molar-refractivity contribution in [3.8, 4) is 6.07 Å². The third kappa shape index (κ3) is 3.44. The molecule has 21 heavy (non-hydrogen) atoms. The normalized spacial score (nSPS) is 15.6. The second-order valence-corrected chi connectivity index (χ2v) is 6.07. The Morgan fingerprint density at radius 3 is 2.67 bits per heavy atom. The highest BCUT2D eigenvalue weighted by Gasteiger charge is 2.31. The highest BCUT2D eigenvalue weighted by Crippen LogP contribution is 2.31. The van der Waals surface area contributed by atoms with Crippen molar-refractivity contribution in [2.75, 3.05) is 13.1 Å². The molecule has 5 heteroatoms. The van der Waals surface area contributed by atoms with Gasteiger partial charge < -0.3 is 4.90 Å². The van der Waals surface area contributed by atoms with Crippen molar-refractivity contribution in [1.82, 2.24) is 14.7 Å². The molecular formula is C16H24N4O. The SMILES string of the molecule is Cc1nn(C)c(C)c1[C@H](C)C(=O)N(CCC#N)CC1CC1. The Morgan fingerprint density at radius 2 is 2.19 bits per heavy atom. The lowest BCUT2D eigenvalue weighted by molar-refractivity contribution is -0.132. The number of carbonyl (C=O) groups excluding carboxylic acids is 1. The minimum Gasteiger partial charge on any atom is -0.341 e. The molecule has 0 aromatic carbocycles. The van der Waals surface area contributed by atoms with Gasteiger partial charge >= 0.3 is 0 Å². The summed E-state index contributed by atoms with van der Waals surface area (Å²) in [5, 5.41) is 13.2. The van der Waals surface area contributed by atoms with E-state index in [9.17, 15) is 4.79 Å². The summed E-state index contributed by atoms with van der Waals surface area (Å²) >= 11 is 0. The lowest BCUT2D eigenvalue weighted by Crippen LogP contribution is -2.37. The Balaban J connectivity index is 2.16. The van der Waals surface area contributed by atoms with E-state index in [-0.39, 0.29) is 11.8 Å². The summed E-state index contributed by atoms with van der Waals surface area (Å²) in [5.41, 5.74) is 2.99. The zero-order valence-corrected chi connectivity index (χ0v) is 13.4. The number of carbonyl (C=O) groups is 1. The minimum atomic E-state index is -0.198. The second kappa shape index (κ2) is 6.30. The quantitative estimate of drug-likeness (QED) is 0.807. The van der Waals surface area contributed by atoms with Gasteiger partial charge in [0.05, 0.1) is 24.1 Å². The number of nitrogens with zero attached hydrogens (tertiary/aromatic N) is 4. The van der Waals surface area contributed by atoms with E-state index in [2.05, 4.69) is 11.2 Å². The van der Waals surface area contributed by atoms with Gasteiger partial charge in [-0.1, -0.05) is 0 Å². The van der Waals surface area contributed by atoms with Crippen molar-refractivity contribution in [3.63, 3.8) is 0 Å². The fourth-order valence-electron chi connectivity index (χ4n) is 2.90. The molecule has 0 aliphatic heterocycles. The van der Waals surface area contributed by atoms with E-state index in [1.165, 1.54) is 12.8 Å². The third-order valence-electron chi connectivity index (χ3n) is 4.35. The van der Waals surface area contributed by atoms with E-state index in [0.717, 1.165) is 23.5 Å². The summed E-state index contributed by atoms with van der Waals surface area (Å²) in [7, 11) is 1.90. The second-order valence-electron chi connectivity index (χ2n) is 6.07. The Morgan fingerprint density at radius 1 is 1.52 bits per heavy atom. The van der Waals surface area contributed by atoms with Gasteiger partial charge in [-0.25, -0.2) is 0 Å². The number of aromatic nitrogens is 2. The van der Waals surface area contributed by atoms with Gasteiger partial charge in [0.1, 0.15) is 0 Å². The molecule has 1 saturated carbocycles. The Kier molecular flexibility index (Phi) is 4.66. The average Bonchev–Trinajstić information content (AvgIpc) is 3.22. The van der Waals surface area contributed by atoms with Crippen LogP contribution < -0.4 is 0 Å². The molecule has 1 heterocycles.